The highest BCUT2D eigenvalue weighted by atomic mass is 35.5. The van der Waals surface area contributed by atoms with Gasteiger partial charge in [0, 0.05) is 13.0 Å². The molecule has 0 aromatic rings. The average Bonchev–Trinajstić information content (AvgIpc) is 2.56. The van der Waals surface area contributed by atoms with Crippen LogP contribution in [0, 0.1) is 5.92 Å². The summed E-state index contributed by atoms with van der Waals surface area (Å²) < 4.78 is 5.07. The van der Waals surface area contributed by atoms with Crippen molar-refractivity contribution in [3.8, 4) is 0 Å². The molecule has 1 atom stereocenters. The van der Waals surface area contributed by atoms with E-state index in [0.29, 0.717) is 19.5 Å². The molecule has 9 heteroatoms. The van der Waals surface area contributed by atoms with Crippen LogP contribution in [0.5, 0.6) is 0 Å². The van der Waals surface area contributed by atoms with Crippen molar-refractivity contribution in [1.82, 2.24) is 5.32 Å². The molecule has 0 spiro atoms. The van der Waals surface area contributed by atoms with Crippen molar-refractivity contribution in [2.45, 2.75) is 91.1 Å². The van der Waals surface area contributed by atoms with Crippen LogP contribution in [-0.2, 0) is 14.3 Å². The highest BCUT2D eigenvalue weighted by molar-refractivity contribution is 5.85. The van der Waals surface area contributed by atoms with E-state index in [2.05, 4.69) is 5.32 Å². The van der Waals surface area contributed by atoms with Crippen molar-refractivity contribution < 1.29 is 29.3 Å². The third-order valence-electron chi connectivity index (χ3n) is 3.75. The lowest BCUT2D eigenvalue weighted by atomic mass is 10.0. The van der Waals surface area contributed by atoms with Crippen molar-refractivity contribution in [2.75, 3.05) is 13.1 Å². The van der Waals surface area contributed by atoms with Gasteiger partial charge in [-0.25, -0.2) is 4.79 Å². The van der Waals surface area contributed by atoms with E-state index in [9.17, 15) is 14.4 Å². The van der Waals surface area contributed by atoms with Gasteiger partial charge in [0.15, 0.2) is 0 Å². The number of alkyl carbamates (subject to hydrolysis) is 1. The van der Waals surface area contributed by atoms with Gasteiger partial charge in [-0.3, -0.25) is 9.59 Å². The maximum absolute atomic E-state index is 11.2. The van der Waals surface area contributed by atoms with Crippen LogP contribution in [0.2, 0.25) is 0 Å². The molecule has 0 heterocycles. The van der Waals surface area contributed by atoms with Gasteiger partial charge in [-0.1, -0.05) is 32.6 Å². The van der Waals surface area contributed by atoms with Gasteiger partial charge < -0.3 is 26.0 Å². The summed E-state index contributed by atoms with van der Waals surface area (Å²) >= 11 is 0. The Kier molecular flexibility index (Phi) is 21.9. The molecule has 1 amide bonds. The summed E-state index contributed by atoms with van der Waals surface area (Å²) in [7, 11) is 0. The van der Waals surface area contributed by atoms with Gasteiger partial charge in [-0.15, -0.1) is 12.4 Å². The average molecular weight is 441 g/mol. The number of ether oxygens (including phenoxy) is 1. The van der Waals surface area contributed by atoms with Gasteiger partial charge in [0.1, 0.15) is 5.60 Å². The molecule has 0 fully saturated rings. The van der Waals surface area contributed by atoms with Crippen LogP contribution in [0.3, 0.4) is 0 Å². The van der Waals surface area contributed by atoms with Crippen molar-refractivity contribution in [2.24, 2.45) is 11.7 Å². The Bertz CT molecular complexity index is 441. The van der Waals surface area contributed by atoms with Crippen LogP contribution in [0.15, 0.2) is 0 Å². The third-order valence-corrected chi connectivity index (χ3v) is 3.75. The number of carbonyl (C=O) groups is 3. The first-order valence-corrected chi connectivity index (χ1v) is 10.1. The Morgan fingerprint density at radius 2 is 1.52 bits per heavy atom. The lowest BCUT2D eigenvalue weighted by Gasteiger charge is -2.19. The molecule has 0 aliphatic carbocycles. The molecule has 0 saturated heterocycles. The molecule has 0 aliphatic rings. The molecule has 0 bridgehead atoms. The standard InChI is InChI=1S/C12H23NO4.C8H17NO2.ClH/c1-12(2,3)17-11(16)13-9-7-5-4-6-8-10(14)15;1-7(8(10)11)5-3-2-4-6-9;/h4-9H2,1-3H3,(H,13,16)(H,14,15);7H,2-6,9H2,1H3,(H,10,11);1H. The minimum Gasteiger partial charge on any atom is -0.481 e. The molecule has 0 radical (unpaired) electrons. The molecule has 0 aromatic heterocycles. The van der Waals surface area contributed by atoms with Gasteiger partial charge in [-0.2, -0.15) is 0 Å². The summed E-state index contributed by atoms with van der Waals surface area (Å²) in [6.07, 6.45) is 6.97. The maximum atomic E-state index is 11.2. The molecular weight excluding hydrogens is 400 g/mol. The van der Waals surface area contributed by atoms with E-state index >= 15 is 0 Å². The van der Waals surface area contributed by atoms with E-state index in [4.69, 9.17) is 20.7 Å². The Balaban J connectivity index is -0.000000491. The number of unbranched alkanes of at least 4 members (excludes halogenated alkanes) is 5. The minimum atomic E-state index is -0.753. The Hall–Kier alpha value is -1.54. The summed E-state index contributed by atoms with van der Waals surface area (Å²) in [5.41, 5.74) is 4.82. The number of nitrogens with two attached hydrogens (primary N) is 1. The highest BCUT2D eigenvalue weighted by Gasteiger charge is 2.15. The van der Waals surface area contributed by atoms with Crippen LogP contribution in [-0.4, -0.2) is 46.9 Å². The maximum Gasteiger partial charge on any atom is 0.407 e. The summed E-state index contributed by atoms with van der Waals surface area (Å²) in [6, 6.07) is 0. The molecule has 174 valence electrons. The summed E-state index contributed by atoms with van der Waals surface area (Å²) in [5, 5.41) is 19.6. The molecule has 8 nitrogen and oxygen atoms in total. The van der Waals surface area contributed by atoms with E-state index in [1.54, 1.807) is 6.92 Å². The van der Waals surface area contributed by atoms with Gasteiger partial charge in [0.2, 0.25) is 0 Å². The number of carboxylic acids is 2. The lowest BCUT2D eigenvalue weighted by molar-refractivity contribution is -0.141. The van der Waals surface area contributed by atoms with E-state index < -0.39 is 23.6 Å². The molecule has 5 N–H and O–H groups in total. The minimum absolute atomic E-state index is 0. The van der Waals surface area contributed by atoms with Gasteiger partial charge in [0.25, 0.3) is 0 Å². The van der Waals surface area contributed by atoms with Crippen molar-refractivity contribution in [3.63, 3.8) is 0 Å². The molecule has 1 unspecified atom stereocenters. The lowest BCUT2D eigenvalue weighted by Crippen LogP contribution is -2.32. The first-order chi connectivity index (χ1) is 13.0. The number of rotatable bonds is 13. The number of aliphatic carboxylic acids is 2. The topological polar surface area (TPSA) is 139 Å². The Labute approximate surface area is 181 Å². The van der Waals surface area contributed by atoms with Crippen LogP contribution < -0.4 is 11.1 Å². The highest BCUT2D eigenvalue weighted by Crippen LogP contribution is 2.08. The predicted molar refractivity (Wildman–Crippen MR) is 117 cm³/mol. The van der Waals surface area contributed by atoms with Crippen molar-refractivity contribution in [3.05, 3.63) is 0 Å². The molecule has 0 aromatic carbocycles. The van der Waals surface area contributed by atoms with Gasteiger partial charge in [-0.05, 0) is 53.0 Å². The monoisotopic (exact) mass is 440 g/mol. The number of halogens is 1. The largest absolute Gasteiger partial charge is 0.481 e. The quantitative estimate of drug-likeness (QED) is 0.315. The van der Waals surface area contributed by atoms with Crippen molar-refractivity contribution in [1.29, 1.82) is 0 Å². The molecular formula is C20H41ClN2O6. The first-order valence-electron chi connectivity index (χ1n) is 10.1. The summed E-state index contributed by atoms with van der Waals surface area (Å²) in [5.74, 6) is -1.65. The number of carbonyl (C=O) groups excluding carboxylic acids is 1. The number of hydrogen-bond acceptors (Lipinski definition) is 5. The fourth-order valence-corrected chi connectivity index (χ4v) is 2.15. The van der Waals surface area contributed by atoms with E-state index in [1.807, 2.05) is 20.8 Å². The Morgan fingerprint density at radius 1 is 0.966 bits per heavy atom. The molecule has 0 aliphatic heterocycles. The van der Waals surface area contributed by atoms with E-state index in [0.717, 1.165) is 44.9 Å². The Morgan fingerprint density at radius 3 is 2.00 bits per heavy atom. The van der Waals surface area contributed by atoms with Crippen LogP contribution >= 0.6 is 12.4 Å². The molecule has 29 heavy (non-hydrogen) atoms. The normalized spacial score (nSPS) is 11.3. The number of amides is 1. The molecule has 0 saturated carbocycles. The number of nitrogens with one attached hydrogen (secondary N) is 1. The van der Waals surface area contributed by atoms with Crippen LogP contribution in [0.25, 0.3) is 0 Å². The summed E-state index contributed by atoms with van der Waals surface area (Å²) in [4.78, 5) is 31.8. The third kappa shape index (κ3) is 28.8. The van der Waals surface area contributed by atoms with Crippen LogP contribution in [0.4, 0.5) is 4.79 Å². The van der Waals surface area contributed by atoms with E-state index in [-0.39, 0.29) is 24.7 Å². The number of carboxylic acid groups (broad SMARTS) is 2. The van der Waals surface area contributed by atoms with E-state index in [1.165, 1.54) is 0 Å². The second-order valence-electron chi connectivity index (χ2n) is 7.86. The zero-order valence-corrected chi connectivity index (χ0v) is 19.2. The molecule has 0 rings (SSSR count). The van der Waals surface area contributed by atoms with Crippen molar-refractivity contribution >= 4 is 30.4 Å². The SMILES string of the molecule is CC(C)(C)OC(=O)NCCCCCCC(=O)O.CC(CCCCCN)C(=O)O.Cl. The number of hydrogen-bond donors (Lipinski definition) is 4. The fourth-order valence-electron chi connectivity index (χ4n) is 2.15. The zero-order chi connectivity index (χ0) is 22.0. The van der Waals surface area contributed by atoms with Gasteiger partial charge in [0.05, 0.1) is 5.92 Å². The second-order valence-corrected chi connectivity index (χ2v) is 7.86. The summed E-state index contributed by atoms with van der Waals surface area (Å²) in [6.45, 7) is 8.48. The second kappa shape index (κ2) is 19.8. The smallest absolute Gasteiger partial charge is 0.407 e. The van der Waals surface area contributed by atoms with Gasteiger partial charge >= 0.3 is 18.0 Å². The first kappa shape index (κ1) is 32.1. The predicted octanol–water partition coefficient (Wildman–Crippen LogP) is 4.19. The zero-order valence-electron chi connectivity index (χ0n) is 18.4. The van der Waals surface area contributed by atoms with Crippen LogP contribution in [0.1, 0.15) is 85.5 Å². The fraction of sp³-hybridized carbons (Fsp3) is 0.850.